The van der Waals surface area contributed by atoms with E-state index in [0.717, 1.165) is 31.8 Å². The van der Waals surface area contributed by atoms with Crippen LogP contribution in [0.25, 0.3) is 21.8 Å². The minimum absolute atomic E-state index is 0.0474. The summed E-state index contributed by atoms with van der Waals surface area (Å²) in [5, 5.41) is 6.32. The minimum Gasteiger partial charge on any atom is -0.301 e. The zero-order valence-electron chi connectivity index (χ0n) is 13.9. The van der Waals surface area contributed by atoms with Crippen molar-refractivity contribution in [3.63, 3.8) is 0 Å². The highest BCUT2D eigenvalue weighted by Crippen LogP contribution is 2.28. The second kappa shape index (κ2) is 7.14. The Balaban J connectivity index is 1.58. The van der Waals surface area contributed by atoms with Crippen molar-refractivity contribution in [3.8, 4) is 0 Å². The molecule has 5 heteroatoms. The molecule has 0 saturated carbocycles. The van der Waals surface area contributed by atoms with Crippen molar-refractivity contribution in [2.45, 2.75) is 0 Å². The first kappa shape index (κ1) is 16.5. The average Bonchev–Trinajstić information content (AvgIpc) is 3.00. The van der Waals surface area contributed by atoms with E-state index in [9.17, 15) is 4.79 Å². The molecule has 0 amide bonds. The van der Waals surface area contributed by atoms with E-state index < -0.39 is 0 Å². The molecule has 1 heterocycles. The van der Waals surface area contributed by atoms with E-state index in [-0.39, 0.29) is 12.5 Å². The van der Waals surface area contributed by atoms with Crippen LogP contribution < -0.4 is 5.43 Å². The van der Waals surface area contributed by atoms with Gasteiger partial charge >= 0.3 is 0 Å². The Kier molecular flexibility index (Phi) is 4.54. The first-order valence-electron chi connectivity index (χ1n) is 8.27. The molecule has 1 N–H and O–H groups in total. The monoisotopic (exact) mass is 405 g/mol. The number of carbonyl (C=O) groups excluding carboxylic acids is 1. The maximum absolute atomic E-state index is 12.8. The molecule has 3 aromatic carbocycles. The lowest BCUT2D eigenvalue weighted by molar-refractivity contribution is 0.0923. The summed E-state index contributed by atoms with van der Waals surface area (Å²) >= 11 is 3.43. The van der Waals surface area contributed by atoms with Gasteiger partial charge in [0.05, 0.1) is 17.2 Å². The standard InChI is InChI=1S/C21H16BrN3O/c22-16-7-5-6-15(12-16)13-23-24-14-21(26)25-19-10-3-1-8-17(19)18-9-2-4-11-20(18)25/h1-13,24H,14H2/b23-13+. The van der Waals surface area contributed by atoms with Crippen LogP contribution in [0.4, 0.5) is 0 Å². The van der Waals surface area contributed by atoms with Gasteiger partial charge in [-0.3, -0.25) is 9.36 Å². The predicted octanol–water partition coefficient (Wildman–Crippen LogP) is 4.82. The van der Waals surface area contributed by atoms with Crippen LogP contribution in [0.2, 0.25) is 0 Å². The van der Waals surface area contributed by atoms with Gasteiger partial charge < -0.3 is 5.43 Å². The summed E-state index contributed by atoms with van der Waals surface area (Å²) < 4.78 is 2.74. The quantitative estimate of drug-likeness (QED) is 0.390. The Bertz CT molecular complexity index is 1080. The van der Waals surface area contributed by atoms with Gasteiger partial charge in [0.25, 0.3) is 5.91 Å². The van der Waals surface area contributed by atoms with Crippen molar-refractivity contribution in [1.29, 1.82) is 0 Å². The molecule has 0 aliphatic heterocycles. The van der Waals surface area contributed by atoms with Crippen molar-refractivity contribution in [2.75, 3.05) is 6.54 Å². The van der Waals surface area contributed by atoms with E-state index in [1.165, 1.54) is 0 Å². The number of hydrazone groups is 1. The van der Waals surface area contributed by atoms with Crippen LogP contribution in [0.15, 0.2) is 82.4 Å². The number of para-hydroxylation sites is 2. The molecule has 0 aliphatic carbocycles. The van der Waals surface area contributed by atoms with Gasteiger partial charge in [-0.05, 0) is 29.8 Å². The van der Waals surface area contributed by atoms with Crippen molar-refractivity contribution in [3.05, 3.63) is 82.8 Å². The molecular formula is C21H16BrN3O. The summed E-state index contributed by atoms with van der Waals surface area (Å²) in [6, 6.07) is 23.7. The van der Waals surface area contributed by atoms with Gasteiger partial charge in [-0.15, -0.1) is 0 Å². The van der Waals surface area contributed by atoms with Crippen LogP contribution in [0.1, 0.15) is 10.4 Å². The van der Waals surface area contributed by atoms with E-state index in [0.29, 0.717) is 0 Å². The summed E-state index contributed by atoms with van der Waals surface area (Å²) in [5.41, 5.74) is 5.64. The molecule has 0 radical (unpaired) electrons. The molecule has 0 spiro atoms. The van der Waals surface area contributed by atoms with Gasteiger partial charge in [0.2, 0.25) is 0 Å². The van der Waals surface area contributed by atoms with Crippen molar-refractivity contribution < 1.29 is 4.79 Å². The Morgan fingerprint density at radius 1 is 0.962 bits per heavy atom. The largest absolute Gasteiger partial charge is 0.301 e. The number of aromatic nitrogens is 1. The number of nitrogens with zero attached hydrogens (tertiary/aromatic N) is 2. The fourth-order valence-corrected chi connectivity index (χ4v) is 3.51. The molecule has 128 valence electrons. The third-order valence-corrected chi connectivity index (χ3v) is 4.71. The van der Waals surface area contributed by atoms with E-state index >= 15 is 0 Å². The second-order valence-electron chi connectivity index (χ2n) is 5.91. The van der Waals surface area contributed by atoms with Gasteiger partial charge in [0, 0.05) is 15.2 Å². The third-order valence-electron chi connectivity index (χ3n) is 4.21. The number of rotatable bonds is 4. The van der Waals surface area contributed by atoms with Gasteiger partial charge in [-0.1, -0.05) is 64.5 Å². The summed E-state index contributed by atoms with van der Waals surface area (Å²) in [7, 11) is 0. The van der Waals surface area contributed by atoms with Crippen LogP contribution >= 0.6 is 15.9 Å². The molecule has 4 nitrogen and oxygen atoms in total. The summed E-state index contributed by atoms with van der Waals surface area (Å²) in [6.45, 7) is 0.118. The lowest BCUT2D eigenvalue weighted by Gasteiger charge is -2.05. The van der Waals surface area contributed by atoms with Crippen LogP contribution in [0, 0.1) is 0 Å². The van der Waals surface area contributed by atoms with E-state index in [4.69, 9.17) is 0 Å². The lowest BCUT2D eigenvalue weighted by Crippen LogP contribution is -2.23. The molecule has 1 aromatic heterocycles. The highest BCUT2D eigenvalue weighted by molar-refractivity contribution is 9.10. The fraction of sp³-hybridized carbons (Fsp3) is 0.0476. The second-order valence-corrected chi connectivity index (χ2v) is 6.83. The van der Waals surface area contributed by atoms with E-state index in [2.05, 4.69) is 26.5 Å². The number of hydrogen-bond donors (Lipinski definition) is 1. The number of hydrogen-bond acceptors (Lipinski definition) is 3. The normalized spacial score (nSPS) is 11.4. The molecule has 26 heavy (non-hydrogen) atoms. The summed E-state index contributed by atoms with van der Waals surface area (Å²) in [6.07, 6.45) is 1.70. The van der Waals surface area contributed by atoms with E-state index in [1.54, 1.807) is 10.8 Å². The smallest absolute Gasteiger partial charge is 0.252 e. The summed E-state index contributed by atoms with van der Waals surface area (Å²) in [4.78, 5) is 12.8. The Morgan fingerprint density at radius 2 is 1.62 bits per heavy atom. The van der Waals surface area contributed by atoms with Crippen molar-refractivity contribution in [1.82, 2.24) is 9.99 Å². The molecular weight excluding hydrogens is 390 g/mol. The van der Waals surface area contributed by atoms with Crippen molar-refractivity contribution in [2.24, 2.45) is 5.10 Å². The highest BCUT2D eigenvalue weighted by Gasteiger charge is 2.14. The summed E-state index contributed by atoms with van der Waals surface area (Å²) in [5.74, 6) is -0.0474. The Hall–Kier alpha value is -2.92. The molecule has 0 saturated heterocycles. The average molecular weight is 406 g/mol. The molecule has 0 fully saturated rings. The third kappa shape index (κ3) is 3.13. The number of benzene rings is 3. The lowest BCUT2D eigenvalue weighted by atomic mass is 10.2. The molecule has 4 aromatic rings. The van der Waals surface area contributed by atoms with Crippen LogP contribution in [-0.2, 0) is 0 Å². The van der Waals surface area contributed by atoms with Gasteiger partial charge in [-0.25, -0.2) is 0 Å². The first-order chi connectivity index (χ1) is 12.7. The molecule has 0 unspecified atom stereocenters. The van der Waals surface area contributed by atoms with E-state index in [1.807, 2.05) is 72.8 Å². The topological polar surface area (TPSA) is 46.4 Å². The number of fused-ring (bicyclic) bond motifs is 3. The van der Waals surface area contributed by atoms with Gasteiger partial charge in [0.15, 0.2) is 0 Å². The number of nitrogens with one attached hydrogen (secondary N) is 1. The van der Waals surface area contributed by atoms with Gasteiger partial charge in [-0.2, -0.15) is 5.10 Å². The Labute approximate surface area is 159 Å². The molecule has 0 atom stereocenters. The van der Waals surface area contributed by atoms with Crippen molar-refractivity contribution >= 4 is 49.9 Å². The number of halogens is 1. The maximum atomic E-state index is 12.8. The predicted molar refractivity (Wildman–Crippen MR) is 110 cm³/mol. The molecule has 4 rings (SSSR count). The zero-order valence-corrected chi connectivity index (χ0v) is 15.5. The first-order valence-corrected chi connectivity index (χ1v) is 9.06. The van der Waals surface area contributed by atoms with Crippen LogP contribution in [0.3, 0.4) is 0 Å². The van der Waals surface area contributed by atoms with Crippen LogP contribution in [0.5, 0.6) is 0 Å². The fourth-order valence-electron chi connectivity index (χ4n) is 3.09. The Morgan fingerprint density at radius 3 is 2.27 bits per heavy atom. The zero-order chi connectivity index (χ0) is 17.9. The molecule has 0 bridgehead atoms. The minimum atomic E-state index is -0.0474. The van der Waals surface area contributed by atoms with Gasteiger partial charge in [0.1, 0.15) is 6.54 Å². The highest BCUT2D eigenvalue weighted by atomic mass is 79.9. The SMILES string of the molecule is O=C(CN/N=C/c1cccc(Br)c1)n1c2ccccc2c2ccccc21. The van der Waals surface area contributed by atoms with Crippen LogP contribution in [-0.4, -0.2) is 23.2 Å². The molecule has 0 aliphatic rings. The maximum Gasteiger partial charge on any atom is 0.252 e. The number of carbonyl (C=O) groups is 1.